The molecule has 2 N–H and O–H groups in total. The number of benzene rings is 1. The van der Waals surface area contributed by atoms with E-state index in [4.69, 9.17) is 17.3 Å². The zero-order chi connectivity index (χ0) is 12.0. The second kappa shape index (κ2) is 4.00. The van der Waals surface area contributed by atoms with Gasteiger partial charge in [-0.3, -0.25) is 4.79 Å². The predicted octanol–water partition coefficient (Wildman–Crippen LogP) is 3.38. The van der Waals surface area contributed by atoms with Crippen LogP contribution in [0, 0.1) is 0 Å². The van der Waals surface area contributed by atoms with Gasteiger partial charge in [-0.05, 0) is 48.9 Å². The quantitative estimate of drug-likeness (QED) is 0.794. The van der Waals surface area contributed by atoms with Crippen molar-refractivity contribution in [2.75, 3.05) is 5.73 Å². The van der Waals surface area contributed by atoms with Crippen molar-refractivity contribution in [2.45, 2.75) is 25.7 Å². The molecule has 0 fully saturated rings. The van der Waals surface area contributed by atoms with Gasteiger partial charge in [-0.15, -0.1) is 11.3 Å². The van der Waals surface area contributed by atoms with Crippen LogP contribution < -0.4 is 11.2 Å². The van der Waals surface area contributed by atoms with Gasteiger partial charge in [0.05, 0.1) is 0 Å². The second-order valence-corrected chi connectivity index (χ2v) is 6.10. The summed E-state index contributed by atoms with van der Waals surface area (Å²) in [7, 11) is 0. The molecule has 1 aliphatic rings. The van der Waals surface area contributed by atoms with Crippen molar-refractivity contribution in [3.05, 3.63) is 37.8 Å². The van der Waals surface area contributed by atoms with Crippen molar-refractivity contribution < 1.29 is 0 Å². The van der Waals surface area contributed by atoms with Crippen LogP contribution in [0.4, 0.5) is 5.69 Å². The summed E-state index contributed by atoms with van der Waals surface area (Å²) in [5.41, 5.74) is 8.40. The number of hydrogen-bond acceptors (Lipinski definition) is 3. The standard InChI is InChI=1S/C13H12ClNOS/c14-13-11(15)12(16)9-5-7-3-1-2-4-8(7)6-10(9)17-13/h5-6H,1-4,15H2. The van der Waals surface area contributed by atoms with Crippen LogP contribution in [-0.2, 0) is 12.8 Å². The Labute approximate surface area is 108 Å². The van der Waals surface area contributed by atoms with Gasteiger partial charge in [0.1, 0.15) is 10.0 Å². The molecule has 2 aromatic rings. The number of nitrogens with two attached hydrogens (primary N) is 1. The first kappa shape index (κ1) is 11.1. The Kier molecular flexibility index (Phi) is 2.60. The maximum atomic E-state index is 12.0. The van der Waals surface area contributed by atoms with Crippen molar-refractivity contribution in [2.24, 2.45) is 0 Å². The Morgan fingerprint density at radius 2 is 1.82 bits per heavy atom. The lowest BCUT2D eigenvalue weighted by Gasteiger charge is -2.16. The second-order valence-electron chi connectivity index (χ2n) is 4.44. The van der Waals surface area contributed by atoms with Crippen molar-refractivity contribution >= 4 is 38.7 Å². The monoisotopic (exact) mass is 265 g/mol. The van der Waals surface area contributed by atoms with Gasteiger partial charge in [-0.25, -0.2) is 0 Å². The van der Waals surface area contributed by atoms with E-state index in [2.05, 4.69) is 6.07 Å². The van der Waals surface area contributed by atoms with E-state index >= 15 is 0 Å². The summed E-state index contributed by atoms with van der Waals surface area (Å²) in [6.45, 7) is 0. The smallest absolute Gasteiger partial charge is 0.212 e. The molecule has 0 amide bonds. The van der Waals surface area contributed by atoms with E-state index in [-0.39, 0.29) is 11.1 Å². The summed E-state index contributed by atoms with van der Waals surface area (Å²) in [5.74, 6) is 0. The normalized spacial score (nSPS) is 14.9. The van der Waals surface area contributed by atoms with Gasteiger partial charge >= 0.3 is 0 Å². The molecule has 0 saturated heterocycles. The zero-order valence-corrected chi connectivity index (χ0v) is 10.8. The van der Waals surface area contributed by atoms with E-state index in [0.29, 0.717) is 4.34 Å². The third kappa shape index (κ3) is 1.74. The van der Waals surface area contributed by atoms with Crippen LogP contribution in [0.15, 0.2) is 16.9 Å². The molecule has 1 aromatic heterocycles. The molecular weight excluding hydrogens is 254 g/mol. The third-order valence-corrected chi connectivity index (χ3v) is 4.74. The Morgan fingerprint density at radius 1 is 1.18 bits per heavy atom. The molecule has 0 saturated carbocycles. The number of rotatable bonds is 0. The molecule has 0 spiro atoms. The fourth-order valence-corrected chi connectivity index (χ4v) is 3.60. The minimum absolute atomic E-state index is 0.128. The predicted molar refractivity (Wildman–Crippen MR) is 74.2 cm³/mol. The lowest BCUT2D eigenvalue weighted by atomic mass is 9.91. The van der Waals surface area contributed by atoms with Crippen LogP contribution in [0.2, 0.25) is 4.34 Å². The Morgan fingerprint density at radius 3 is 2.53 bits per heavy atom. The van der Waals surface area contributed by atoms with E-state index in [1.54, 1.807) is 0 Å². The topological polar surface area (TPSA) is 43.1 Å². The van der Waals surface area contributed by atoms with Crippen LogP contribution in [0.3, 0.4) is 0 Å². The van der Waals surface area contributed by atoms with Gasteiger partial charge in [0, 0.05) is 10.1 Å². The van der Waals surface area contributed by atoms with Gasteiger partial charge < -0.3 is 5.73 Å². The maximum absolute atomic E-state index is 12.0. The minimum atomic E-state index is -0.128. The summed E-state index contributed by atoms with van der Waals surface area (Å²) in [5, 5.41) is 0.720. The highest BCUT2D eigenvalue weighted by atomic mass is 35.5. The van der Waals surface area contributed by atoms with Gasteiger partial charge in [0.25, 0.3) is 0 Å². The SMILES string of the molecule is Nc1c(Cl)sc2cc3c(cc2c1=O)CCCC3. The number of nitrogen functional groups attached to an aromatic ring is 1. The molecule has 4 heteroatoms. The number of hydrogen-bond donors (Lipinski definition) is 1. The molecule has 17 heavy (non-hydrogen) atoms. The van der Waals surface area contributed by atoms with E-state index in [1.807, 2.05) is 6.07 Å². The lowest BCUT2D eigenvalue weighted by Crippen LogP contribution is -2.10. The molecule has 0 unspecified atom stereocenters. The maximum Gasteiger partial charge on any atom is 0.212 e. The first-order valence-corrected chi connectivity index (χ1v) is 6.90. The number of halogens is 1. The highest BCUT2D eigenvalue weighted by Gasteiger charge is 2.14. The molecule has 0 bridgehead atoms. The minimum Gasteiger partial charge on any atom is -0.394 e. The van der Waals surface area contributed by atoms with E-state index in [9.17, 15) is 4.79 Å². The van der Waals surface area contributed by atoms with Crippen LogP contribution in [-0.4, -0.2) is 0 Å². The largest absolute Gasteiger partial charge is 0.394 e. The summed E-state index contributed by atoms with van der Waals surface area (Å²) < 4.78 is 1.35. The molecule has 3 rings (SSSR count). The molecule has 1 aromatic carbocycles. The van der Waals surface area contributed by atoms with Crippen molar-refractivity contribution in [3.8, 4) is 0 Å². The third-order valence-electron chi connectivity index (χ3n) is 3.34. The summed E-state index contributed by atoms with van der Waals surface area (Å²) in [6, 6.07) is 4.12. The first-order valence-electron chi connectivity index (χ1n) is 5.70. The highest BCUT2D eigenvalue weighted by molar-refractivity contribution is 7.22. The molecule has 1 aliphatic carbocycles. The van der Waals surface area contributed by atoms with Gasteiger partial charge in [0.2, 0.25) is 5.43 Å². The Balaban J connectivity index is 2.38. The molecule has 0 radical (unpaired) electrons. The van der Waals surface area contributed by atoms with Crippen molar-refractivity contribution in [3.63, 3.8) is 0 Å². The van der Waals surface area contributed by atoms with Crippen LogP contribution >= 0.6 is 22.9 Å². The van der Waals surface area contributed by atoms with Gasteiger partial charge in [-0.1, -0.05) is 11.6 Å². The van der Waals surface area contributed by atoms with Crippen molar-refractivity contribution in [1.82, 2.24) is 0 Å². The van der Waals surface area contributed by atoms with Crippen LogP contribution in [0.5, 0.6) is 0 Å². The molecule has 1 heterocycles. The summed E-state index contributed by atoms with van der Waals surface area (Å²) >= 11 is 7.37. The van der Waals surface area contributed by atoms with Crippen molar-refractivity contribution in [1.29, 1.82) is 0 Å². The fraction of sp³-hybridized carbons (Fsp3) is 0.308. The highest BCUT2D eigenvalue weighted by Crippen LogP contribution is 2.32. The molecule has 0 atom stereocenters. The van der Waals surface area contributed by atoms with Gasteiger partial charge in [-0.2, -0.15) is 0 Å². The molecular formula is C13H12ClNOS. The van der Waals surface area contributed by atoms with Gasteiger partial charge in [0.15, 0.2) is 0 Å². The average molecular weight is 266 g/mol. The van der Waals surface area contributed by atoms with E-state index < -0.39 is 0 Å². The van der Waals surface area contributed by atoms with E-state index in [1.165, 1.54) is 35.3 Å². The molecule has 0 aliphatic heterocycles. The molecule has 88 valence electrons. The van der Waals surface area contributed by atoms with Crippen LogP contribution in [0.25, 0.3) is 10.1 Å². The summed E-state index contributed by atoms with van der Waals surface area (Å²) in [4.78, 5) is 12.0. The first-order chi connectivity index (χ1) is 8.16. The number of anilines is 1. The zero-order valence-electron chi connectivity index (χ0n) is 9.25. The average Bonchev–Trinajstić information content (AvgIpc) is 2.34. The lowest BCUT2D eigenvalue weighted by molar-refractivity contribution is 0.687. The Hall–Kier alpha value is -1.06. The number of fused-ring (bicyclic) bond motifs is 2. The summed E-state index contributed by atoms with van der Waals surface area (Å²) in [6.07, 6.45) is 4.61. The Bertz CT molecular complexity index is 662. The van der Waals surface area contributed by atoms with E-state index in [0.717, 1.165) is 22.9 Å². The number of aryl methyl sites for hydroxylation is 2. The fourth-order valence-electron chi connectivity index (χ4n) is 2.41. The molecule has 2 nitrogen and oxygen atoms in total. The van der Waals surface area contributed by atoms with Crippen LogP contribution in [0.1, 0.15) is 24.0 Å².